The Kier molecular flexibility index (Phi) is 6.37. The molecule has 0 radical (unpaired) electrons. The Morgan fingerprint density at radius 3 is 2.46 bits per heavy atom. The number of benzene rings is 2. The zero-order valence-corrected chi connectivity index (χ0v) is 13.8. The molecule has 0 saturated heterocycles. The van der Waals surface area contributed by atoms with Gasteiger partial charge in [-0.1, -0.05) is 31.2 Å². The van der Waals surface area contributed by atoms with Crippen molar-refractivity contribution in [3.8, 4) is 11.5 Å². The van der Waals surface area contributed by atoms with Crippen molar-refractivity contribution in [2.45, 2.75) is 26.3 Å². The molecule has 0 saturated carbocycles. The van der Waals surface area contributed by atoms with Crippen LogP contribution < -0.4 is 10.1 Å². The van der Waals surface area contributed by atoms with E-state index in [1.165, 1.54) is 0 Å². The van der Waals surface area contributed by atoms with Gasteiger partial charge < -0.3 is 14.8 Å². The fourth-order valence-electron chi connectivity index (χ4n) is 1.94. The largest absolute Gasteiger partial charge is 0.457 e. The first kappa shape index (κ1) is 17.5. The first-order valence-corrected chi connectivity index (χ1v) is 7.88. The summed E-state index contributed by atoms with van der Waals surface area (Å²) in [5, 5.41) is 2.74. The molecule has 1 amide bonds. The summed E-state index contributed by atoms with van der Waals surface area (Å²) in [4.78, 5) is 23.7. The van der Waals surface area contributed by atoms with E-state index in [9.17, 15) is 9.59 Å². The predicted molar refractivity (Wildman–Crippen MR) is 91.1 cm³/mol. The molecule has 2 aromatic rings. The second-order valence-corrected chi connectivity index (χ2v) is 5.40. The molecule has 1 N–H and O–H groups in total. The number of hydrogen-bond acceptors (Lipinski definition) is 4. The molecule has 0 heterocycles. The maximum absolute atomic E-state index is 12.1. The van der Waals surface area contributed by atoms with Gasteiger partial charge in [0.25, 0.3) is 5.91 Å². The van der Waals surface area contributed by atoms with Gasteiger partial charge in [0.1, 0.15) is 11.5 Å². The van der Waals surface area contributed by atoms with Crippen LogP contribution in [0.25, 0.3) is 0 Å². The van der Waals surface area contributed by atoms with Crippen LogP contribution in [0.15, 0.2) is 54.6 Å². The third kappa shape index (κ3) is 5.43. The molecule has 2 rings (SSSR count). The van der Waals surface area contributed by atoms with Crippen LogP contribution in [0.2, 0.25) is 0 Å². The Hall–Kier alpha value is -2.82. The molecule has 0 unspecified atom stereocenters. The molecule has 1 atom stereocenters. The van der Waals surface area contributed by atoms with E-state index in [-0.39, 0.29) is 18.6 Å². The van der Waals surface area contributed by atoms with Crippen molar-refractivity contribution in [1.82, 2.24) is 5.32 Å². The molecule has 0 bridgehead atoms. The Morgan fingerprint density at radius 2 is 1.75 bits per heavy atom. The summed E-state index contributed by atoms with van der Waals surface area (Å²) in [5.74, 6) is 0.331. The van der Waals surface area contributed by atoms with Gasteiger partial charge in [-0.05, 0) is 43.7 Å². The monoisotopic (exact) mass is 327 g/mol. The van der Waals surface area contributed by atoms with E-state index in [4.69, 9.17) is 9.47 Å². The zero-order valence-electron chi connectivity index (χ0n) is 13.8. The van der Waals surface area contributed by atoms with Crippen molar-refractivity contribution in [2.75, 3.05) is 6.61 Å². The third-order valence-corrected chi connectivity index (χ3v) is 3.40. The minimum atomic E-state index is -0.562. The van der Waals surface area contributed by atoms with Gasteiger partial charge in [0, 0.05) is 6.04 Å². The molecule has 5 nitrogen and oxygen atoms in total. The minimum Gasteiger partial charge on any atom is -0.457 e. The van der Waals surface area contributed by atoms with E-state index in [2.05, 4.69) is 5.32 Å². The molecule has 5 heteroatoms. The fraction of sp³-hybridized carbons (Fsp3) is 0.263. The molecule has 2 aromatic carbocycles. The normalized spacial score (nSPS) is 11.4. The van der Waals surface area contributed by atoms with E-state index in [0.29, 0.717) is 17.1 Å². The van der Waals surface area contributed by atoms with Crippen molar-refractivity contribution >= 4 is 11.9 Å². The summed E-state index contributed by atoms with van der Waals surface area (Å²) < 4.78 is 10.7. The van der Waals surface area contributed by atoms with Gasteiger partial charge in [0.2, 0.25) is 0 Å². The number of amides is 1. The highest BCUT2D eigenvalue weighted by Crippen LogP contribution is 2.22. The van der Waals surface area contributed by atoms with E-state index in [1.807, 2.05) is 44.2 Å². The average molecular weight is 327 g/mol. The standard InChI is InChI=1S/C19H21NO4/c1-3-14(2)20-18(21)13-23-19(22)15-8-7-11-17(12-15)24-16-9-5-4-6-10-16/h4-12,14H,3,13H2,1-2H3,(H,20,21)/t14-/m1/s1. The Balaban J connectivity index is 1.93. The average Bonchev–Trinajstić information content (AvgIpc) is 2.60. The highest BCUT2D eigenvalue weighted by Gasteiger charge is 2.12. The number of carbonyl (C=O) groups is 2. The van der Waals surface area contributed by atoms with Crippen LogP contribution in [-0.4, -0.2) is 24.5 Å². The maximum Gasteiger partial charge on any atom is 0.338 e. The zero-order chi connectivity index (χ0) is 17.4. The highest BCUT2D eigenvalue weighted by atomic mass is 16.5. The van der Waals surface area contributed by atoms with Gasteiger partial charge in [-0.3, -0.25) is 4.79 Å². The van der Waals surface area contributed by atoms with E-state index < -0.39 is 5.97 Å². The first-order valence-electron chi connectivity index (χ1n) is 7.88. The van der Waals surface area contributed by atoms with Gasteiger partial charge in [0.05, 0.1) is 5.56 Å². The summed E-state index contributed by atoms with van der Waals surface area (Å²) in [5.41, 5.74) is 0.333. The molecule has 0 fully saturated rings. The molecule has 0 aliphatic heterocycles. The molecule has 24 heavy (non-hydrogen) atoms. The number of ether oxygens (including phenoxy) is 2. The SMILES string of the molecule is CC[C@@H](C)NC(=O)COC(=O)c1cccc(Oc2ccccc2)c1. The van der Waals surface area contributed by atoms with Crippen LogP contribution >= 0.6 is 0 Å². The van der Waals surface area contributed by atoms with Crippen LogP contribution in [0, 0.1) is 0 Å². The molecular formula is C19H21NO4. The number of nitrogens with one attached hydrogen (secondary N) is 1. The van der Waals surface area contributed by atoms with Gasteiger partial charge >= 0.3 is 5.97 Å². The highest BCUT2D eigenvalue weighted by molar-refractivity contribution is 5.91. The summed E-state index contributed by atoms with van der Waals surface area (Å²) in [7, 11) is 0. The maximum atomic E-state index is 12.1. The molecule has 0 aliphatic rings. The fourth-order valence-corrected chi connectivity index (χ4v) is 1.94. The van der Waals surface area contributed by atoms with Gasteiger partial charge in [0.15, 0.2) is 6.61 Å². The Bertz CT molecular complexity index is 685. The van der Waals surface area contributed by atoms with Crippen molar-refractivity contribution in [3.63, 3.8) is 0 Å². The quantitative estimate of drug-likeness (QED) is 0.790. The van der Waals surface area contributed by atoms with Crippen molar-refractivity contribution < 1.29 is 19.1 Å². The smallest absolute Gasteiger partial charge is 0.338 e. The lowest BCUT2D eigenvalue weighted by Crippen LogP contribution is -2.35. The summed E-state index contributed by atoms with van der Waals surface area (Å²) in [6, 6.07) is 16.0. The van der Waals surface area contributed by atoms with Crippen molar-refractivity contribution in [3.05, 3.63) is 60.2 Å². The second-order valence-electron chi connectivity index (χ2n) is 5.40. The number of rotatable bonds is 7. The molecule has 0 aliphatic carbocycles. The lowest BCUT2D eigenvalue weighted by molar-refractivity contribution is -0.124. The first-order chi connectivity index (χ1) is 11.6. The Labute approximate surface area is 141 Å². The van der Waals surface area contributed by atoms with E-state index >= 15 is 0 Å². The van der Waals surface area contributed by atoms with Crippen LogP contribution in [-0.2, 0) is 9.53 Å². The second kappa shape index (κ2) is 8.72. The lowest BCUT2D eigenvalue weighted by Gasteiger charge is -2.11. The van der Waals surface area contributed by atoms with Crippen LogP contribution in [0.1, 0.15) is 30.6 Å². The van der Waals surface area contributed by atoms with Crippen LogP contribution in [0.5, 0.6) is 11.5 Å². The number of esters is 1. The predicted octanol–water partition coefficient (Wildman–Crippen LogP) is 3.55. The molecular weight excluding hydrogens is 306 g/mol. The third-order valence-electron chi connectivity index (χ3n) is 3.40. The minimum absolute atomic E-state index is 0.0544. The molecule has 0 aromatic heterocycles. The molecule has 0 spiro atoms. The molecule has 126 valence electrons. The number of para-hydroxylation sites is 1. The van der Waals surface area contributed by atoms with Gasteiger partial charge in [-0.15, -0.1) is 0 Å². The van der Waals surface area contributed by atoms with Crippen molar-refractivity contribution in [1.29, 1.82) is 0 Å². The van der Waals surface area contributed by atoms with Crippen LogP contribution in [0.4, 0.5) is 0 Å². The number of hydrogen-bond donors (Lipinski definition) is 1. The van der Waals surface area contributed by atoms with Crippen molar-refractivity contribution in [2.24, 2.45) is 0 Å². The topological polar surface area (TPSA) is 64.6 Å². The lowest BCUT2D eigenvalue weighted by atomic mass is 10.2. The van der Waals surface area contributed by atoms with Crippen LogP contribution in [0.3, 0.4) is 0 Å². The summed E-state index contributed by atoms with van der Waals surface area (Å²) in [6.07, 6.45) is 0.818. The Morgan fingerprint density at radius 1 is 1.04 bits per heavy atom. The van der Waals surface area contributed by atoms with E-state index in [1.54, 1.807) is 24.3 Å². The van der Waals surface area contributed by atoms with Gasteiger partial charge in [-0.2, -0.15) is 0 Å². The van der Waals surface area contributed by atoms with E-state index in [0.717, 1.165) is 6.42 Å². The summed E-state index contributed by atoms with van der Waals surface area (Å²) >= 11 is 0. The van der Waals surface area contributed by atoms with Gasteiger partial charge in [-0.25, -0.2) is 4.79 Å². The summed E-state index contributed by atoms with van der Waals surface area (Å²) in [6.45, 7) is 3.56. The number of carbonyl (C=O) groups excluding carboxylic acids is 2.